The van der Waals surface area contributed by atoms with Crippen LogP contribution >= 0.6 is 0 Å². The molecule has 0 saturated carbocycles. The van der Waals surface area contributed by atoms with E-state index in [1.807, 2.05) is 0 Å². The first-order chi connectivity index (χ1) is 16.7. The Morgan fingerprint density at radius 1 is 1.25 bits per heavy atom. The Morgan fingerprint density at radius 2 is 1.94 bits per heavy atom. The molecule has 1 aromatic heterocycles. The van der Waals surface area contributed by atoms with Crippen LogP contribution in [-0.2, 0) is 34.8 Å². The van der Waals surface area contributed by atoms with Crippen LogP contribution in [0.2, 0.25) is 0 Å². The third-order valence-electron chi connectivity index (χ3n) is 4.87. The van der Waals surface area contributed by atoms with Gasteiger partial charge in [0.25, 0.3) is 5.91 Å². The van der Waals surface area contributed by atoms with Gasteiger partial charge in [-0.1, -0.05) is 0 Å². The number of carbonyl (C=O) groups is 3. The van der Waals surface area contributed by atoms with Crippen molar-refractivity contribution in [1.29, 1.82) is 5.26 Å². The van der Waals surface area contributed by atoms with Gasteiger partial charge in [-0.3, -0.25) is 14.5 Å². The second kappa shape index (κ2) is 9.98. The minimum absolute atomic E-state index is 0.0105. The number of carbonyl (C=O) groups excluding carboxylic acids is 3. The topological polar surface area (TPSA) is 124 Å². The molecular formula is C23H23F3N4O6. The SMILES string of the molecule is CC(=O)O[C@@H](C(=O)OC(C)(C)C)[C@H]1OCCN(c2ccn(-c3ccc(C#N)c(C(F)(F)F)c3)n2)C1=O. The van der Waals surface area contributed by atoms with Gasteiger partial charge in [0.05, 0.1) is 36.0 Å². The molecule has 0 bridgehead atoms. The van der Waals surface area contributed by atoms with Crippen LogP contribution in [0.15, 0.2) is 30.5 Å². The molecule has 2 atom stereocenters. The van der Waals surface area contributed by atoms with Gasteiger partial charge in [0.2, 0.25) is 6.10 Å². The minimum atomic E-state index is -4.75. The van der Waals surface area contributed by atoms with Crippen LogP contribution in [0.4, 0.5) is 19.0 Å². The van der Waals surface area contributed by atoms with E-state index in [-0.39, 0.29) is 24.7 Å². The molecule has 1 saturated heterocycles. The molecule has 1 amide bonds. The Morgan fingerprint density at radius 3 is 2.53 bits per heavy atom. The lowest BCUT2D eigenvalue weighted by molar-refractivity contribution is -0.188. The smallest absolute Gasteiger partial charge is 0.417 e. The highest BCUT2D eigenvalue weighted by molar-refractivity contribution is 6.00. The molecule has 1 aliphatic heterocycles. The number of rotatable bonds is 5. The number of morpholine rings is 1. The van der Waals surface area contributed by atoms with Gasteiger partial charge in [0.1, 0.15) is 5.60 Å². The fraction of sp³-hybridized carbons (Fsp3) is 0.435. The number of hydrogen-bond donors (Lipinski definition) is 0. The molecule has 0 N–H and O–H groups in total. The normalized spacial score (nSPS) is 17.3. The Labute approximate surface area is 204 Å². The van der Waals surface area contributed by atoms with Gasteiger partial charge < -0.3 is 14.2 Å². The maximum absolute atomic E-state index is 13.3. The number of ether oxygens (including phenoxy) is 3. The van der Waals surface area contributed by atoms with Crippen molar-refractivity contribution in [1.82, 2.24) is 9.78 Å². The highest BCUT2D eigenvalue weighted by Gasteiger charge is 2.45. The largest absolute Gasteiger partial charge is 0.457 e. The van der Waals surface area contributed by atoms with Crippen LogP contribution in [0, 0.1) is 11.3 Å². The van der Waals surface area contributed by atoms with Crippen LogP contribution < -0.4 is 4.90 Å². The molecule has 1 aromatic carbocycles. The summed E-state index contributed by atoms with van der Waals surface area (Å²) in [7, 11) is 0. The van der Waals surface area contributed by atoms with Gasteiger partial charge in [-0.05, 0) is 39.0 Å². The molecule has 0 unspecified atom stereocenters. The third kappa shape index (κ3) is 6.01. The quantitative estimate of drug-likeness (QED) is 0.565. The Bertz CT molecular complexity index is 1210. The van der Waals surface area contributed by atoms with E-state index in [2.05, 4.69) is 5.10 Å². The molecule has 192 valence electrons. The van der Waals surface area contributed by atoms with Crippen LogP contribution in [-0.4, -0.2) is 58.6 Å². The lowest BCUT2D eigenvalue weighted by Gasteiger charge is -2.34. The minimum Gasteiger partial charge on any atom is -0.457 e. The summed E-state index contributed by atoms with van der Waals surface area (Å²) in [5.74, 6) is -2.48. The van der Waals surface area contributed by atoms with Crippen LogP contribution in [0.1, 0.15) is 38.8 Å². The van der Waals surface area contributed by atoms with E-state index >= 15 is 0 Å². The Hall–Kier alpha value is -3.92. The standard InChI is InChI=1S/C23H23F3N4O6/c1-13(31)35-19(21(33)36-22(2,3)4)18-20(32)29(9-10-34-18)17-7-8-30(28-17)15-6-5-14(12-27)16(11-15)23(24,25)26/h5-8,11,18-19H,9-10H2,1-4H3/t18-,19-/m1/s1. The molecule has 2 aromatic rings. The Kier molecular flexibility index (Phi) is 7.40. The molecule has 36 heavy (non-hydrogen) atoms. The van der Waals surface area contributed by atoms with E-state index in [1.165, 1.54) is 29.3 Å². The number of benzene rings is 1. The summed E-state index contributed by atoms with van der Waals surface area (Å²) in [5.41, 5.74) is -2.58. The molecule has 1 fully saturated rings. The van der Waals surface area contributed by atoms with Crippen LogP contribution in [0.25, 0.3) is 5.69 Å². The summed E-state index contributed by atoms with van der Waals surface area (Å²) in [6.45, 7) is 5.85. The lowest BCUT2D eigenvalue weighted by atomic mass is 10.1. The van der Waals surface area contributed by atoms with Crippen molar-refractivity contribution < 1.29 is 41.8 Å². The number of nitriles is 1. The van der Waals surface area contributed by atoms with Crippen LogP contribution in [0.3, 0.4) is 0 Å². The first kappa shape index (κ1) is 26.7. The summed E-state index contributed by atoms with van der Waals surface area (Å²) in [6, 6.07) is 5.98. The highest BCUT2D eigenvalue weighted by Crippen LogP contribution is 2.33. The second-order valence-corrected chi connectivity index (χ2v) is 8.80. The molecule has 1 aliphatic rings. The van der Waals surface area contributed by atoms with E-state index in [0.717, 1.165) is 23.7 Å². The molecular weight excluding hydrogens is 485 g/mol. The summed E-state index contributed by atoms with van der Waals surface area (Å²) < 4.78 is 56.9. The van der Waals surface area contributed by atoms with E-state index < -0.39 is 53.0 Å². The molecule has 13 heteroatoms. The summed E-state index contributed by atoms with van der Waals surface area (Å²) in [5, 5.41) is 13.2. The van der Waals surface area contributed by atoms with E-state index in [9.17, 15) is 27.6 Å². The monoisotopic (exact) mass is 508 g/mol. The van der Waals surface area contributed by atoms with Crippen molar-refractivity contribution in [2.24, 2.45) is 0 Å². The van der Waals surface area contributed by atoms with Gasteiger partial charge in [-0.2, -0.15) is 18.4 Å². The van der Waals surface area contributed by atoms with Crippen molar-refractivity contribution in [3.05, 3.63) is 41.6 Å². The maximum atomic E-state index is 13.3. The van der Waals surface area contributed by atoms with Gasteiger partial charge >= 0.3 is 18.1 Å². The Balaban J connectivity index is 1.89. The number of esters is 2. The molecule has 0 spiro atoms. The van der Waals surface area contributed by atoms with Crippen molar-refractivity contribution in [2.45, 2.75) is 51.7 Å². The zero-order valence-corrected chi connectivity index (χ0v) is 19.8. The number of nitrogens with zero attached hydrogens (tertiary/aromatic N) is 4. The number of aromatic nitrogens is 2. The first-order valence-corrected chi connectivity index (χ1v) is 10.7. The number of alkyl halides is 3. The van der Waals surface area contributed by atoms with Gasteiger partial charge in [-0.25, -0.2) is 9.48 Å². The zero-order chi connectivity index (χ0) is 26.8. The maximum Gasteiger partial charge on any atom is 0.417 e. The summed E-state index contributed by atoms with van der Waals surface area (Å²) >= 11 is 0. The van der Waals surface area contributed by atoms with Crippen LogP contribution in [0.5, 0.6) is 0 Å². The average molecular weight is 508 g/mol. The zero-order valence-electron chi connectivity index (χ0n) is 19.8. The van der Waals surface area contributed by atoms with Crippen molar-refractivity contribution in [3.8, 4) is 11.8 Å². The van der Waals surface area contributed by atoms with Gasteiger partial charge in [0.15, 0.2) is 11.9 Å². The number of hydrogen-bond acceptors (Lipinski definition) is 8. The molecule has 0 aliphatic carbocycles. The number of halogens is 3. The fourth-order valence-corrected chi connectivity index (χ4v) is 3.43. The van der Waals surface area contributed by atoms with Gasteiger partial charge in [-0.15, -0.1) is 5.10 Å². The molecule has 3 rings (SSSR count). The molecule has 10 nitrogen and oxygen atoms in total. The lowest BCUT2D eigenvalue weighted by Crippen LogP contribution is -2.56. The summed E-state index contributed by atoms with van der Waals surface area (Å²) in [6.07, 6.45) is -6.61. The fourth-order valence-electron chi connectivity index (χ4n) is 3.43. The van der Waals surface area contributed by atoms with E-state index in [0.29, 0.717) is 0 Å². The predicted octanol–water partition coefficient (Wildman–Crippen LogP) is 2.77. The van der Waals surface area contributed by atoms with E-state index in [1.54, 1.807) is 20.8 Å². The molecule has 2 heterocycles. The highest BCUT2D eigenvalue weighted by atomic mass is 19.4. The number of anilines is 1. The average Bonchev–Trinajstić information content (AvgIpc) is 3.25. The first-order valence-electron chi connectivity index (χ1n) is 10.7. The van der Waals surface area contributed by atoms with Crippen molar-refractivity contribution >= 4 is 23.7 Å². The van der Waals surface area contributed by atoms with Crippen molar-refractivity contribution in [2.75, 3.05) is 18.1 Å². The molecule has 0 radical (unpaired) electrons. The second-order valence-electron chi connectivity index (χ2n) is 8.80. The third-order valence-corrected chi connectivity index (χ3v) is 4.87. The van der Waals surface area contributed by atoms with Crippen molar-refractivity contribution in [3.63, 3.8) is 0 Å². The number of amides is 1. The predicted molar refractivity (Wildman–Crippen MR) is 117 cm³/mol. The van der Waals surface area contributed by atoms with Gasteiger partial charge in [0, 0.05) is 19.2 Å². The summed E-state index contributed by atoms with van der Waals surface area (Å²) in [4.78, 5) is 38.6. The van der Waals surface area contributed by atoms with E-state index in [4.69, 9.17) is 19.5 Å².